The number of halogens is 1. The average Bonchev–Trinajstić information content (AvgIpc) is 2.84. The molecule has 0 amide bonds. The predicted molar refractivity (Wildman–Crippen MR) is 65.3 cm³/mol. The van der Waals surface area contributed by atoms with Gasteiger partial charge in [0.1, 0.15) is 10.8 Å². The Morgan fingerprint density at radius 2 is 2.35 bits per heavy atom. The first-order valence-corrected chi connectivity index (χ1v) is 5.91. The number of benzene rings is 1. The maximum Gasteiger partial charge on any atom is 0.129 e. The van der Waals surface area contributed by atoms with Crippen LogP contribution in [-0.2, 0) is 6.54 Å². The number of hydrogen-bond donors (Lipinski definition) is 1. The molecule has 0 radical (unpaired) electrons. The summed E-state index contributed by atoms with van der Waals surface area (Å²) < 4.78 is 13.5. The zero-order chi connectivity index (χ0) is 12.3. The number of thiazole rings is 1. The van der Waals surface area contributed by atoms with Crippen molar-refractivity contribution in [3.05, 3.63) is 45.7 Å². The third kappa shape index (κ3) is 2.60. The molecule has 0 spiro atoms. The van der Waals surface area contributed by atoms with Gasteiger partial charge in [0.05, 0.1) is 18.2 Å². The van der Waals surface area contributed by atoms with Gasteiger partial charge in [-0.2, -0.15) is 5.26 Å². The van der Waals surface area contributed by atoms with Gasteiger partial charge >= 0.3 is 0 Å². The summed E-state index contributed by atoms with van der Waals surface area (Å²) in [4.78, 5) is 4.12. The van der Waals surface area contributed by atoms with Crippen LogP contribution < -0.4 is 5.32 Å². The smallest absolute Gasteiger partial charge is 0.129 e. The summed E-state index contributed by atoms with van der Waals surface area (Å²) in [7, 11) is 0. The first-order valence-electron chi connectivity index (χ1n) is 5.03. The van der Waals surface area contributed by atoms with Crippen molar-refractivity contribution in [1.82, 2.24) is 4.98 Å². The number of anilines is 1. The lowest BCUT2D eigenvalue weighted by Crippen LogP contribution is -2.02. The van der Waals surface area contributed by atoms with Crippen LogP contribution in [0.4, 0.5) is 10.1 Å². The molecule has 0 aliphatic rings. The Balaban J connectivity index is 2.20. The van der Waals surface area contributed by atoms with Gasteiger partial charge < -0.3 is 5.32 Å². The van der Waals surface area contributed by atoms with E-state index in [2.05, 4.69) is 10.3 Å². The molecule has 1 aromatic carbocycles. The summed E-state index contributed by atoms with van der Waals surface area (Å²) in [5, 5.41) is 14.7. The van der Waals surface area contributed by atoms with Crippen LogP contribution in [0.5, 0.6) is 0 Å². The summed E-state index contributed by atoms with van der Waals surface area (Å²) in [6.45, 7) is 2.22. The Bertz CT molecular complexity index is 558. The second kappa shape index (κ2) is 4.93. The molecule has 0 saturated heterocycles. The molecule has 0 saturated carbocycles. The lowest BCUT2D eigenvalue weighted by Gasteiger charge is -2.09. The maximum atomic E-state index is 13.5. The third-order valence-electron chi connectivity index (χ3n) is 2.39. The molecule has 0 aliphatic heterocycles. The van der Waals surface area contributed by atoms with Gasteiger partial charge in [-0.1, -0.05) is 0 Å². The second-order valence-corrected chi connectivity index (χ2v) is 4.50. The molecule has 1 heterocycles. The lowest BCUT2D eigenvalue weighted by atomic mass is 10.1. The van der Waals surface area contributed by atoms with E-state index in [1.807, 2.05) is 11.4 Å². The molecule has 0 fully saturated rings. The molecule has 0 aliphatic carbocycles. The fraction of sp³-hybridized carbons (Fsp3) is 0.167. The van der Waals surface area contributed by atoms with Crippen LogP contribution in [0.25, 0.3) is 0 Å². The minimum Gasteiger partial charge on any atom is -0.378 e. The van der Waals surface area contributed by atoms with Crippen molar-refractivity contribution in [3.63, 3.8) is 0 Å². The van der Waals surface area contributed by atoms with Crippen molar-refractivity contribution in [2.24, 2.45) is 0 Å². The highest BCUT2D eigenvalue weighted by Crippen LogP contribution is 2.21. The fourth-order valence-electron chi connectivity index (χ4n) is 1.44. The molecule has 2 aromatic rings. The molecule has 0 atom stereocenters. The second-order valence-electron chi connectivity index (χ2n) is 3.52. The average molecular weight is 247 g/mol. The molecule has 2 rings (SSSR count). The molecule has 86 valence electrons. The van der Waals surface area contributed by atoms with Crippen LogP contribution in [0, 0.1) is 24.1 Å². The Kier molecular flexibility index (Phi) is 3.35. The van der Waals surface area contributed by atoms with Crippen LogP contribution in [-0.4, -0.2) is 4.98 Å². The van der Waals surface area contributed by atoms with E-state index >= 15 is 0 Å². The van der Waals surface area contributed by atoms with Gasteiger partial charge in [0.15, 0.2) is 0 Å². The van der Waals surface area contributed by atoms with Crippen molar-refractivity contribution in [1.29, 1.82) is 5.26 Å². The highest BCUT2D eigenvalue weighted by atomic mass is 32.1. The SMILES string of the molecule is Cc1c(F)cc(C#N)cc1NCc1nccs1. The zero-order valence-corrected chi connectivity index (χ0v) is 10.0. The summed E-state index contributed by atoms with van der Waals surface area (Å²) in [5.74, 6) is -0.370. The quantitative estimate of drug-likeness (QED) is 0.906. The van der Waals surface area contributed by atoms with Gasteiger partial charge in [0, 0.05) is 22.8 Å². The van der Waals surface area contributed by atoms with E-state index in [1.54, 1.807) is 19.2 Å². The van der Waals surface area contributed by atoms with Crippen molar-refractivity contribution in [2.75, 3.05) is 5.32 Å². The van der Waals surface area contributed by atoms with Crippen LogP contribution >= 0.6 is 11.3 Å². The molecule has 0 bridgehead atoms. The topological polar surface area (TPSA) is 48.7 Å². The molecule has 1 aromatic heterocycles. The molecule has 1 N–H and O–H groups in total. The normalized spacial score (nSPS) is 9.94. The van der Waals surface area contributed by atoms with E-state index in [-0.39, 0.29) is 5.82 Å². The Morgan fingerprint density at radius 3 is 3.00 bits per heavy atom. The molecule has 5 heteroatoms. The number of nitrogens with one attached hydrogen (secondary N) is 1. The van der Waals surface area contributed by atoms with Gasteiger partial charge in [-0.3, -0.25) is 0 Å². The van der Waals surface area contributed by atoms with Crippen molar-refractivity contribution in [2.45, 2.75) is 13.5 Å². The van der Waals surface area contributed by atoms with Crippen LogP contribution in [0.3, 0.4) is 0 Å². The van der Waals surface area contributed by atoms with Crippen LogP contribution in [0.1, 0.15) is 16.1 Å². The highest BCUT2D eigenvalue weighted by molar-refractivity contribution is 7.09. The molecule has 3 nitrogen and oxygen atoms in total. The first kappa shape index (κ1) is 11.6. The summed E-state index contributed by atoms with van der Waals surface area (Å²) in [6, 6.07) is 4.82. The van der Waals surface area contributed by atoms with Crippen LogP contribution in [0.2, 0.25) is 0 Å². The van der Waals surface area contributed by atoms with Gasteiger partial charge in [-0.25, -0.2) is 9.37 Å². The molecular formula is C12H10FN3S. The van der Waals surface area contributed by atoms with Crippen molar-refractivity contribution >= 4 is 17.0 Å². The zero-order valence-electron chi connectivity index (χ0n) is 9.20. The van der Waals surface area contributed by atoms with Crippen molar-refractivity contribution < 1.29 is 4.39 Å². The number of nitrogens with zero attached hydrogens (tertiary/aromatic N) is 2. The van der Waals surface area contributed by atoms with Gasteiger partial charge in [-0.15, -0.1) is 11.3 Å². The Hall–Kier alpha value is -1.93. The highest BCUT2D eigenvalue weighted by Gasteiger charge is 2.07. The molecule has 17 heavy (non-hydrogen) atoms. The minimum absolute atomic E-state index is 0.315. The summed E-state index contributed by atoms with van der Waals surface area (Å²) in [6.07, 6.45) is 1.72. The lowest BCUT2D eigenvalue weighted by molar-refractivity contribution is 0.618. The fourth-order valence-corrected chi connectivity index (χ4v) is 1.99. The predicted octanol–water partition coefficient (Wildman–Crippen LogP) is 3.07. The molecular weight excluding hydrogens is 237 g/mol. The molecule has 0 unspecified atom stereocenters. The number of hydrogen-bond acceptors (Lipinski definition) is 4. The Labute approximate surface area is 103 Å². The van der Waals surface area contributed by atoms with E-state index in [9.17, 15) is 4.39 Å². The van der Waals surface area contributed by atoms with E-state index in [1.165, 1.54) is 17.4 Å². The number of aromatic nitrogens is 1. The van der Waals surface area contributed by atoms with Crippen molar-refractivity contribution in [3.8, 4) is 6.07 Å². The third-order valence-corrected chi connectivity index (χ3v) is 3.17. The van der Waals surface area contributed by atoms with Gasteiger partial charge in [-0.05, 0) is 19.1 Å². The van der Waals surface area contributed by atoms with Gasteiger partial charge in [0.25, 0.3) is 0 Å². The van der Waals surface area contributed by atoms with E-state index in [4.69, 9.17) is 5.26 Å². The number of rotatable bonds is 3. The maximum absolute atomic E-state index is 13.5. The van der Waals surface area contributed by atoms with E-state index < -0.39 is 0 Å². The largest absolute Gasteiger partial charge is 0.378 e. The minimum atomic E-state index is -0.370. The van der Waals surface area contributed by atoms with E-state index in [0.29, 0.717) is 23.4 Å². The first-order chi connectivity index (χ1) is 8.20. The number of nitriles is 1. The Morgan fingerprint density at radius 1 is 1.53 bits per heavy atom. The summed E-state index contributed by atoms with van der Waals surface area (Å²) in [5.41, 5.74) is 1.46. The summed E-state index contributed by atoms with van der Waals surface area (Å²) >= 11 is 1.53. The van der Waals surface area contributed by atoms with Gasteiger partial charge in [0.2, 0.25) is 0 Å². The van der Waals surface area contributed by atoms with Crippen LogP contribution in [0.15, 0.2) is 23.7 Å². The monoisotopic (exact) mass is 247 g/mol. The standard InChI is InChI=1S/C12H10FN3S/c1-8-10(13)4-9(6-14)5-11(8)16-7-12-15-2-3-17-12/h2-5,16H,7H2,1H3. The van der Waals surface area contributed by atoms with E-state index in [0.717, 1.165) is 5.01 Å².